The zero-order chi connectivity index (χ0) is 14.5. The number of aromatic amines is 1. The topological polar surface area (TPSA) is 79.4 Å². The Bertz CT molecular complexity index is 670. The zero-order valence-corrected chi connectivity index (χ0v) is 11.1. The molecule has 0 radical (unpaired) electrons. The Hall–Kier alpha value is -2.56. The molecule has 0 atom stereocenters. The van der Waals surface area contributed by atoms with Gasteiger partial charge in [-0.15, -0.1) is 0 Å². The lowest BCUT2D eigenvalue weighted by atomic mass is 10.1. The summed E-state index contributed by atoms with van der Waals surface area (Å²) in [5.74, 6) is -1.27. The van der Waals surface area contributed by atoms with E-state index in [9.17, 15) is 9.59 Å². The Balaban J connectivity index is 2.29. The van der Waals surface area contributed by atoms with Gasteiger partial charge in [-0.2, -0.15) is 0 Å². The maximum atomic E-state index is 11.5. The van der Waals surface area contributed by atoms with E-state index in [2.05, 4.69) is 4.98 Å². The smallest absolute Gasteiger partial charge is 0.328 e. The molecule has 104 valence electrons. The number of carbonyl (C=O) groups is 2. The Morgan fingerprint density at radius 3 is 2.90 bits per heavy atom. The summed E-state index contributed by atoms with van der Waals surface area (Å²) < 4.78 is 4.91. The van der Waals surface area contributed by atoms with E-state index in [4.69, 9.17) is 9.84 Å². The number of hydrogen-bond acceptors (Lipinski definition) is 3. The van der Waals surface area contributed by atoms with Crippen LogP contribution in [0.1, 0.15) is 18.1 Å². The first-order chi connectivity index (χ1) is 9.60. The monoisotopic (exact) mass is 273 g/mol. The van der Waals surface area contributed by atoms with E-state index in [1.54, 1.807) is 13.1 Å². The number of ether oxygens (including phenoxy) is 1. The predicted octanol–water partition coefficient (Wildman–Crippen LogP) is 2.37. The van der Waals surface area contributed by atoms with Crippen molar-refractivity contribution in [2.75, 3.05) is 6.61 Å². The molecule has 0 bridgehead atoms. The molecule has 5 nitrogen and oxygen atoms in total. The summed E-state index contributed by atoms with van der Waals surface area (Å²) in [5, 5.41) is 9.54. The molecule has 5 heteroatoms. The number of H-pyrrole nitrogens is 1. The second-order valence-electron chi connectivity index (χ2n) is 4.28. The molecule has 20 heavy (non-hydrogen) atoms. The van der Waals surface area contributed by atoms with E-state index >= 15 is 0 Å². The second-order valence-corrected chi connectivity index (χ2v) is 4.28. The third-order valence-corrected chi connectivity index (χ3v) is 2.84. The van der Waals surface area contributed by atoms with Gasteiger partial charge < -0.3 is 14.8 Å². The van der Waals surface area contributed by atoms with Crippen LogP contribution in [0.4, 0.5) is 0 Å². The van der Waals surface area contributed by atoms with E-state index in [0.29, 0.717) is 6.61 Å². The first-order valence-corrected chi connectivity index (χ1v) is 6.26. The molecule has 1 aromatic heterocycles. The highest BCUT2D eigenvalue weighted by Crippen LogP contribution is 2.21. The summed E-state index contributed by atoms with van der Waals surface area (Å²) in [6.45, 7) is 2.12. The van der Waals surface area contributed by atoms with Crippen molar-refractivity contribution in [3.05, 3.63) is 41.6 Å². The molecule has 0 aliphatic carbocycles. The standard InChI is InChI=1S/C15H15NO4/c1-2-20-15(19)8-10-3-5-13-12(7-10)11(9-16-13)4-6-14(17)18/h3-7,9,16H,2,8H2,1H3,(H,17,18)/b6-4+. The van der Waals surface area contributed by atoms with Crippen LogP contribution in [0, 0.1) is 0 Å². The molecule has 2 N–H and O–H groups in total. The molecule has 0 aliphatic rings. The fraction of sp³-hybridized carbons (Fsp3) is 0.200. The lowest BCUT2D eigenvalue weighted by Crippen LogP contribution is -2.07. The van der Waals surface area contributed by atoms with E-state index in [1.165, 1.54) is 6.08 Å². The highest BCUT2D eigenvalue weighted by atomic mass is 16.5. The second kappa shape index (κ2) is 6.06. The van der Waals surface area contributed by atoms with Gasteiger partial charge in [-0.05, 0) is 30.7 Å². The van der Waals surface area contributed by atoms with Gasteiger partial charge in [-0.25, -0.2) is 4.79 Å². The molecule has 1 heterocycles. The summed E-state index contributed by atoms with van der Waals surface area (Å²) in [5.41, 5.74) is 2.50. The molecule has 0 saturated carbocycles. The number of rotatable bonds is 5. The van der Waals surface area contributed by atoms with Crippen molar-refractivity contribution < 1.29 is 19.4 Å². The third kappa shape index (κ3) is 3.26. The maximum Gasteiger partial charge on any atom is 0.328 e. The van der Waals surface area contributed by atoms with E-state index in [-0.39, 0.29) is 12.4 Å². The molecule has 1 aromatic carbocycles. The van der Waals surface area contributed by atoms with Crippen molar-refractivity contribution in [1.82, 2.24) is 4.98 Å². The summed E-state index contributed by atoms with van der Waals surface area (Å²) in [4.78, 5) is 25.1. The Kier molecular flexibility index (Phi) is 4.20. The molecular weight excluding hydrogens is 258 g/mol. The maximum absolute atomic E-state index is 11.5. The van der Waals surface area contributed by atoms with Crippen LogP contribution >= 0.6 is 0 Å². The molecule has 2 aromatic rings. The highest BCUT2D eigenvalue weighted by molar-refractivity contribution is 5.94. The number of aliphatic carboxylic acids is 1. The van der Waals surface area contributed by atoms with Crippen LogP contribution in [0.2, 0.25) is 0 Å². The minimum atomic E-state index is -0.998. The van der Waals surface area contributed by atoms with Gasteiger partial charge in [0, 0.05) is 28.7 Å². The summed E-state index contributed by atoms with van der Waals surface area (Å²) in [6, 6.07) is 5.58. The minimum Gasteiger partial charge on any atom is -0.478 e. The van der Waals surface area contributed by atoms with Gasteiger partial charge in [-0.3, -0.25) is 4.79 Å². The Labute approximate surface area is 115 Å². The summed E-state index contributed by atoms with van der Waals surface area (Å²) in [6.07, 6.45) is 4.55. The molecule has 2 rings (SSSR count). The van der Waals surface area contributed by atoms with Crippen LogP contribution < -0.4 is 0 Å². The van der Waals surface area contributed by atoms with Gasteiger partial charge in [0.1, 0.15) is 0 Å². The first kappa shape index (κ1) is 13.9. The van der Waals surface area contributed by atoms with E-state index in [1.807, 2.05) is 18.2 Å². The van der Waals surface area contributed by atoms with Crippen LogP contribution in [-0.4, -0.2) is 28.6 Å². The molecule has 0 unspecified atom stereocenters. The fourth-order valence-electron chi connectivity index (χ4n) is 1.98. The van der Waals surface area contributed by atoms with E-state index < -0.39 is 5.97 Å². The molecule has 0 aliphatic heterocycles. The van der Waals surface area contributed by atoms with Gasteiger partial charge >= 0.3 is 11.9 Å². The van der Waals surface area contributed by atoms with Gasteiger partial charge in [0.2, 0.25) is 0 Å². The average Bonchev–Trinajstić information content (AvgIpc) is 2.79. The largest absolute Gasteiger partial charge is 0.478 e. The number of aromatic nitrogens is 1. The quantitative estimate of drug-likeness (QED) is 0.647. The lowest BCUT2D eigenvalue weighted by molar-refractivity contribution is -0.142. The summed E-state index contributed by atoms with van der Waals surface area (Å²) in [7, 11) is 0. The van der Waals surface area contributed by atoms with Gasteiger partial charge in [-0.1, -0.05) is 6.07 Å². The van der Waals surface area contributed by atoms with Crippen molar-refractivity contribution in [3.63, 3.8) is 0 Å². The van der Waals surface area contributed by atoms with Crippen molar-refractivity contribution in [1.29, 1.82) is 0 Å². The lowest BCUT2D eigenvalue weighted by Gasteiger charge is -2.02. The molecule has 0 saturated heterocycles. The molecular formula is C15H15NO4. The van der Waals surface area contributed by atoms with Gasteiger partial charge in [0.25, 0.3) is 0 Å². The van der Waals surface area contributed by atoms with Crippen LogP contribution in [0.3, 0.4) is 0 Å². The van der Waals surface area contributed by atoms with Crippen molar-refractivity contribution in [2.24, 2.45) is 0 Å². The van der Waals surface area contributed by atoms with Crippen molar-refractivity contribution >= 4 is 28.9 Å². The third-order valence-electron chi connectivity index (χ3n) is 2.84. The minimum absolute atomic E-state index is 0.205. The number of hydrogen-bond donors (Lipinski definition) is 2. The van der Waals surface area contributed by atoms with Crippen molar-refractivity contribution in [3.8, 4) is 0 Å². The predicted molar refractivity (Wildman–Crippen MR) is 75.3 cm³/mol. The fourth-order valence-corrected chi connectivity index (χ4v) is 1.98. The molecule has 0 spiro atoms. The number of nitrogens with one attached hydrogen (secondary N) is 1. The highest BCUT2D eigenvalue weighted by Gasteiger charge is 2.07. The van der Waals surface area contributed by atoms with Crippen LogP contribution in [0.25, 0.3) is 17.0 Å². The number of fused-ring (bicyclic) bond motifs is 1. The number of benzene rings is 1. The number of esters is 1. The van der Waals surface area contributed by atoms with Crippen LogP contribution in [0.15, 0.2) is 30.5 Å². The normalized spacial score (nSPS) is 11.1. The van der Waals surface area contributed by atoms with E-state index in [0.717, 1.165) is 28.1 Å². The number of carboxylic acid groups (broad SMARTS) is 1. The average molecular weight is 273 g/mol. The first-order valence-electron chi connectivity index (χ1n) is 6.26. The number of carbonyl (C=O) groups excluding carboxylic acids is 1. The number of carboxylic acids is 1. The molecule has 0 amide bonds. The Morgan fingerprint density at radius 2 is 2.20 bits per heavy atom. The SMILES string of the molecule is CCOC(=O)Cc1ccc2[nH]cc(/C=C/C(=O)O)c2c1. The van der Waals surface area contributed by atoms with Gasteiger partial charge in [0.05, 0.1) is 13.0 Å². The van der Waals surface area contributed by atoms with Crippen LogP contribution in [-0.2, 0) is 20.7 Å². The molecule has 0 fully saturated rings. The zero-order valence-electron chi connectivity index (χ0n) is 11.1. The van der Waals surface area contributed by atoms with Crippen molar-refractivity contribution in [2.45, 2.75) is 13.3 Å². The van der Waals surface area contributed by atoms with Crippen LogP contribution in [0.5, 0.6) is 0 Å². The van der Waals surface area contributed by atoms with Gasteiger partial charge in [0.15, 0.2) is 0 Å². The summed E-state index contributed by atoms with van der Waals surface area (Å²) >= 11 is 0. The Morgan fingerprint density at radius 1 is 1.40 bits per heavy atom.